The van der Waals surface area contributed by atoms with E-state index < -0.39 is 6.67 Å². The number of rotatable bonds is 5. The largest absolute Gasteiger partial charge is 0.491 e. The molecular formula is C10H13F2NO. The molecule has 0 saturated heterocycles. The minimum atomic E-state index is -0.572. The molecule has 1 N–H and O–H groups in total. The summed E-state index contributed by atoms with van der Waals surface area (Å²) in [5.41, 5.74) is 0.779. The maximum Gasteiger partial charge on any atom is 0.127 e. The van der Waals surface area contributed by atoms with Crippen molar-refractivity contribution >= 4 is 0 Å². The Morgan fingerprint density at radius 2 is 2.14 bits per heavy atom. The highest BCUT2D eigenvalue weighted by molar-refractivity contribution is 5.29. The van der Waals surface area contributed by atoms with E-state index in [9.17, 15) is 8.78 Å². The molecule has 0 aliphatic heterocycles. The molecule has 0 aliphatic rings. The van der Waals surface area contributed by atoms with Crippen LogP contribution in [0.4, 0.5) is 8.78 Å². The first-order chi connectivity index (χ1) is 6.76. The van der Waals surface area contributed by atoms with Crippen molar-refractivity contribution in [2.45, 2.75) is 6.54 Å². The van der Waals surface area contributed by atoms with Gasteiger partial charge in [0.1, 0.15) is 24.8 Å². The van der Waals surface area contributed by atoms with E-state index in [2.05, 4.69) is 5.32 Å². The Morgan fingerprint density at radius 1 is 1.36 bits per heavy atom. The van der Waals surface area contributed by atoms with Gasteiger partial charge in [0, 0.05) is 12.6 Å². The molecule has 1 aromatic rings. The Labute approximate surface area is 81.9 Å². The molecule has 0 saturated carbocycles. The Kier molecular flexibility index (Phi) is 4.32. The average Bonchev–Trinajstić information content (AvgIpc) is 2.14. The first kappa shape index (κ1) is 10.9. The molecule has 0 amide bonds. The van der Waals surface area contributed by atoms with Gasteiger partial charge in [-0.1, -0.05) is 0 Å². The molecule has 0 bridgehead atoms. The van der Waals surface area contributed by atoms with E-state index in [1.54, 1.807) is 13.1 Å². The van der Waals surface area contributed by atoms with Gasteiger partial charge in [-0.3, -0.25) is 0 Å². The normalized spacial score (nSPS) is 10.2. The van der Waals surface area contributed by atoms with Gasteiger partial charge < -0.3 is 10.1 Å². The summed E-state index contributed by atoms with van der Waals surface area (Å²) in [7, 11) is 1.77. The molecule has 2 nitrogen and oxygen atoms in total. The van der Waals surface area contributed by atoms with Crippen LogP contribution < -0.4 is 10.1 Å². The van der Waals surface area contributed by atoms with E-state index in [1.165, 1.54) is 12.1 Å². The second-order valence-electron chi connectivity index (χ2n) is 2.86. The van der Waals surface area contributed by atoms with Crippen molar-refractivity contribution in [1.29, 1.82) is 0 Å². The van der Waals surface area contributed by atoms with Gasteiger partial charge in [-0.25, -0.2) is 8.78 Å². The van der Waals surface area contributed by atoms with Crippen LogP contribution in [0.2, 0.25) is 0 Å². The molecule has 0 aliphatic carbocycles. The van der Waals surface area contributed by atoms with Gasteiger partial charge in [-0.05, 0) is 24.7 Å². The number of benzene rings is 1. The predicted molar refractivity (Wildman–Crippen MR) is 50.6 cm³/mol. The number of halogens is 2. The van der Waals surface area contributed by atoms with E-state index >= 15 is 0 Å². The average molecular weight is 201 g/mol. The third-order valence-corrected chi connectivity index (χ3v) is 1.66. The van der Waals surface area contributed by atoms with Gasteiger partial charge >= 0.3 is 0 Å². The second kappa shape index (κ2) is 5.54. The third kappa shape index (κ3) is 3.30. The molecule has 0 unspecified atom stereocenters. The highest BCUT2D eigenvalue weighted by Crippen LogP contribution is 2.16. The standard InChI is InChI=1S/C10H13F2NO/c1-13-7-8-4-9(12)6-10(5-8)14-3-2-11/h4-6,13H,2-3,7H2,1H3. The maximum atomic E-state index is 13.0. The van der Waals surface area contributed by atoms with Gasteiger partial charge in [0.05, 0.1) is 0 Å². The number of ether oxygens (including phenoxy) is 1. The highest BCUT2D eigenvalue weighted by Gasteiger charge is 2.01. The van der Waals surface area contributed by atoms with E-state index in [0.29, 0.717) is 12.3 Å². The lowest BCUT2D eigenvalue weighted by molar-refractivity contribution is 0.272. The van der Waals surface area contributed by atoms with Crippen LogP contribution in [0.1, 0.15) is 5.56 Å². The zero-order chi connectivity index (χ0) is 10.4. The maximum absolute atomic E-state index is 13.0. The fourth-order valence-electron chi connectivity index (χ4n) is 1.17. The Balaban J connectivity index is 2.73. The summed E-state index contributed by atoms with van der Waals surface area (Å²) in [5.74, 6) is -0.000455. The van der Waals surface area contributed by atoms with Crippen molar-refractivity contribution in [3.63, 3.8) is 0 Å². The summed E-state index contributed by atoms with van der Waals surface area (Å²) in [5, 5.41) is 2.90. The minimum absolute atomic E-state index is 0.0392. The van der Waals surface area contributed by atoms with Crippen molar-refractivity contribution in [2.75, 3.05) is 20.3 Å². The van der Waals surface area contributed by atoms with Crippen molar-refractivity contribution in [3.05, 3.63) is 29.6 Å². The van der Waals surface area contributed by atoms with Gasteiger partial charge in [0.2, 0.25) is 0 Å². The lowest BCUT2D eigenvalue weighted by atomic mass is 10.2. The zero-order valence-electron chi connectivity index (χ0n) is 8.02. The Bertz CT molecular complexity index is 291. The molecule has 1 aromatic carbocycles. The van der Waals surface area contributed by atoms with E-state index in [1.807, 2.05) is 0 Å². The summed E-state index contributed by atoms with van der Waals surface area (Å²) < 4.78 is 29.8. The number of hydrogen-bond donors (Lipinski definition) is 1. The molecule has 4 heteroatoms. The Hall–Kier alpha value is -1.16. The van der Waals surface area contributed by atoms with Crippen LogP contribution in [0, 0.1) is 5.82 Å². The van der Waals surface area contributed by atoms with Crippen LogP contribution in [-0.2, 0) is 6.54 Å². The SMILES string of the molecule is CNCc1cc(F)cc(OCCF)c1. The molecular weight excluding hydrogens is 188 g/mol. The van der Waals surface area contributed by atoms with Crippen molar-refractivity contribution in [2.24, 2.45) is 0 Å². The number of hydrogen-bond acceptors (Lipinski definition) is 2. The zero-order valence-corrected chi connectivity index (χ0v) is 8.02. The van der Waals surface area contributed by atoms with Crippen LogP contribution >= 0.6 is 0 Å². The van der Waals surface area contributed by atoms with Crippen LogP contribution in [-0.4, -0.2) is 20.3 Å². The summed E-state index contributed by atoms with van der Waals surface area (Å²) in [6.45, 7) is -0.0515. The van der Waals surface area contributed by atoms with E-state index in [0.717, 1.165) is 5.56 Å². The Morgan fingerprint density at radius 3 is 2.79 bits per heavy atom. The topological polar surface area (TPSA) is 21.3 Å². The second-order valence-corrected chi connectivity index (χ2v) is 2.86. The molecule has 14 heavy (non-hydrogen) atoms. The van der Waals surface area contributed by atoms with Crippen molar-refractivity contribution in [1.82, 2.24) is 5.32 Å². The molecule has 0 aromatic heterocycles. The molecule has 0 radical (unpaired) electrons. The van der Waals surface area contributed by atoms with E-state index in [4.69, 9.17) is 4.74 Å². The first-order valence-electron chi connectivity index (χ1n) is 4.39. The molecule has 78 valence electrons. The molecule has 0 atom stereocenters. The van der Waals surface area contributed by atoms with Gasteiger partial charge in [0.15, 0.2) is 0 Å². The van der Waals surface area contributed by atoms with Crippen molar-refractivity contribution in [3.8, 4) is 5.75 Å². The monoisotopic (exact) mass is 201 g/mol. The molecule has 1 rings (SSSR count). The van der Waals surface area contributed by atoms with Crippen molar-refractivity contribution < 1.29 is 13.5 Å². The third-order valence-electron chi connectivity index (χ3n) is 1.66. The lowest BCUT2D eigenvalue weighted by Crippen LogP contribution is -2.06. The van der Waals surface area contributed by atoms with Gasteiger partial charge in [0.25, 0.3) is 0 Å². The van der Waals surface area contributed by atoms with E-state index in [-0.39, 0.29) is 12.4 Å². The van der Waals surface area contributed by atoms with Gasteiger partial charge in [-0.15, -0.1) is 0 Å². The fraction of sp³-hybridized carbons (Fsp3) is 0.400. The predicted octanol–water partition coefficient (Wildman–Crippen LogP) is 1.89. The fourth-order valence-corrected chi connectivity index (χ4v) is 1.17. The lowest BCUT2D eigenvalue weighted by Gasteiger charge is -2.06. The van der Waals surface area contributed by atoms with Crippen LogP contribution in [0.5, 0.6) is 5.75 Å². The quantitative estimate of drug-likeness (QED) is 0.785. The van der Waals surface area contributed by atoms with Crippen LogP contribution in [0.15, 0.2) is 18.2 Å². The summed E-state index contributed by atoms with van der Waals surface area (Å²) in [6, 6.07) is 4.35. The number of nitrogens with one attached hydrogen (secondary N) is 1. The van der Waals surface area contributed by atoms with Crippen LogP contribution in [0.3, 0.4) is 0 Å². The van der Waals surface area contributed by atoms with Crippen LogP contribution in [0.25, 0.3) is 0 Å². The molecule has 0 fully saturated rings. The summed E-state index contributed by atoms with van der Waals surface area (Å²) >= 11 is 0. The van der Waals surface area contributed by atoms with Gasteiger partial charge in [-0.2, -0.15) is 0 Å². The smallest absolute Gasteiger partial charge is 0.127 e. The minimum Gasteiger partial charge on any atom is -0.491 e. The summed E-state index contributed by atoms with van der Waals surface area (Å²) in [6.07, 6.45) is 0. The first-order valence-corrected chi connectivity index (χ1v) is 4.39. The highest BCUT2D eigenvalue weighted by atomic mass is 19.1. The summed E-state index contributed by atoms with van der Waals surface area (Å²) in [4.78, 5) is 0. The number of alkyl halides is 1. The molecule has 0 heterocycles. The molecule has 0 spiro atoms.